The van der Waals surface area contributed by atoms with Crippen molar-refractivity contribution in [1.29, 1.82) is 0 Å². The highest BCUT2D eigenvalue weighted by Crippen LogP contribution is 2.19. The van der Waals surface area contributed by atoms with Gasteiger partial charge in [-0.25, -0.2) is 0 Å². The molecule has 1 aliphatic rings. The molecular formula is C14H20O3. The largest absolute Gasteiger partial charge is 0.494 e. The van der Waals surface area contributed by atoms with Gasteiger partial charge >= 0.3 is 0 Å². The van der Waals surface area contributed by atoms with Gasteiger partial charge in [0, 0.05) is 0 Å². The second-order valence-electron chi connectivity index (χ2n) is 4.29. The molecule has 0 bridgehead atoms. The highest BCUT2D eigenvalue weighted by atomic mass is 16.6. The molecule has 1 unspecified atom stereocenters. The first-order valence-electron chi connectivity index (χ1n) is 6.35. The minimum atomic E-state index is 0.306. The molecule has 1 atom stereocenters. The summed E-state index contributed by atoms with van der Waals surface area (Å²) in [6.45, 7) is 4.47. The third-order valence-corrected chi connectivity index (χ3v) is 2.68. The molecule has 0 saturated carbocycles. The van der Waals surface area contributed by atoms with Crippen molar-refractivity contribution in [2.75, 3.05) is 19.8 Å². The van der Waals surface area contributed by atoms with Gasteiger partial charge in [0.25, 0.3) is 0 Å². The second-order valence-corrected chi connectivity index (χ2v) is 4.29. The average molecular weight is 236 g/mol. The lowest BCUT2D eigenvalue weighted by molar-refractivity contribution is 0.262. The van der Waals surface area contributed by atoms with Crippen molar-refractivity contribution in [1.82, 2.24) is 0 Å². The molecule has 0 spiro atoms. The summed E-state index contributed by atoms with van der Waals surface area (Å²) in [6.07, 6.45) is 3.87. The van der Waals surface area contributed by atoms with E-state index in [0.29, 0.717) is 12.7 Å². The summed E-state index contributed by atoms with van der Waals surface area (Å²) < 4.78 is 16.2. The molecule has 3 nitrogen and oxygen atoms in total. The predicted molar refractivity (Wildman–Crippen MR) is 66.7 cm³/mol. The van der Waals surface area contributed by atoms with E-state index >= 15 is 0 Å². The Morgan fingerprint density at radius 3 is 2.35 bits per heavy atom. The van der Waals surface area contributed by atoms with E-state index in [0.717, 1.165) is 31.1 Å². The molecule has 1 fully saturated rings. The van der Waals surface area contributed by atoms with Gasteiger partial charge < -0.3 is 14.2 Å². The number of rotatable bonds is 8. The number of hydrogen-bond donors (Lipinski definition) is 0. The highest BCUT2D eigenvalue weighted by molar-refractivity contribution is 5.31. The van der Waals surface area contributed by atoms with E-state index in [2.05, 4.69) is 6.92 Å². The standard InChI is InChI=1S/C14H20O3/c1-2-3-4-9-15-12-5-7-13(8-6-12)16-10-14-11-17-14/h5-8,14H,2-4,9-11H2,1H3. The van der Waals surface area contributed by atoms with Crippen LogP contribution in [0, 0.1) is 0 Å². The Labute approximate surface area is 103 Å². The smallest absolute Gasteiger partial charge is 0.119 e. The number of epoxide rings is 1. The van der Waals surface area contributed by atoms with Crippen molar-refractivity contribution in [3.05, 3.63) is 24.3 Å². The van der Waals surface area contributed by atoms with E-state index < -0.39 is 0 Å². The number of unbranched alkanes of at least 4 members (excludes halogenated alkanes) is 2. The van der Waals surface area contributed by atoms with Crippen LogP contribution in [0.2, 0.25) is 0 Å². The molecule has 17 heavy (non-hydrogen) atoms. The van der Waals surface area contributed by atoms with E-state index in [9.17, 15) is 0 Å². The van der Waals surface area contributed by atoms with Crippen molar-refractivity contribution in [3.63, 3.8) is 0 Å². The number of ether oxygens (including phenoxy) is 3. The molecular weight excluding hydrogens is 216 g/mol. The predicted octanol–water partition coefficient (Wildman–Crippen LogP) is 3.03. The molecule has 0 radical (unpaired) electrons. The van der Waals surface area contributed by atoms with Gasteiger partial charge in [0.15, 0.2) is 0 Å². The molecule has 1 aromatic rings. The highest BCUT2D eigenvalue weighted by Gasteiger charge is 2.22. The van der Waals surface area contributed by atoms with E-state index in [1.165, 1.54) is 12.8 Å². The molecule has 1 saturated heterocycles. The van der Waals surface area contributed by atoms with Crippen LogP contribution in [0.5, 0.6) is 11.5 Å². The monoisotopic (exact) mass is 236 g/mol. The SMILES string of the molecule is CCCCCOc1ccc(OCC2CO2)cc1. The second kappa shape index (κ2) is 6.50. The molecule has 3 heteroatoms. The normalized spacial score (nSPS) is 17.8. The maximum absolute atomic E-state index is 5.62. The van der Waals surface area contributed by atoms with Crippen LogP contribution in [0.3, 0.4) is 0 Å². The van der Waals surface area contributed by atoms with Crippen molar-refractivity contribution in [3.8, 4) is 11.5 Å². The lowest BCUT2D eigenvalue weighted by atomic mass is 10.3. The van der Waals surface area contributed by atoms with Crippen LogP contribution >= 0.6 is 0 Å². The average Bonchev–Trinajstić information content (AvgIpc) is 3.18. The van der Waals surface area contributed by atoms with Gasteiger partial charge in [-0.15, -0.1) is 0 Å². The Kier molecular flexibility index (Phi) is 4.68. The summed E-state index contributed by atoms with van der Waals surface area (Å²) in [7, 11) is 0. The van der Waals surface area contributed by atoms with Gasteiger partial charge in [-0.3, -0.25) is 0 Å². The van der Waals surface area contributed by atoms with Gasteiger partial charge in [0.1, 0.15) is 24.2 Å². The van der Waals surface area contributed by atoms with Crippen LogP contribution in [-0.4, -0.2) is 25.9 Å². The zero-order chi connectivity index (χ0) is 11.9. The lowest BCUT2D eigenvalue weighted by Crippen LogP contribution is -2.03. The van der Waals surface area contributed by atoms with Crippen molar-refractivity contribution in [2.24, 2.45) is 0 Å². The summed E-state index contributed by atoms with van der Waals surface area (Å²) in [5.74, 6) is 1.79. The molecule has 2 rings (SSSR count). The molecule has 1 aromatic carbocycles. The van der Waals surface area contributed by atoms with E-state index in [4.69, 9.17) is 14.2 Å². The Morgan fingerprint density at radius 2 is 1.76 bits per heavy atom. The Hall–Kier alpha value is -1.22. The van der Waals surface area contributed by atoms with Gasteiger partial charge in [-0.2, -0.15) is 0 Å². The third-order valence-electron chi connectivity index (χ3n) is 2.68. The number of benzene rings is 1. The van der Waals surface area contributed by atoms with Crippen LogP contribution in [0.15, 0.2) is 24.3 Å². The summed E-state index contributed by atoms with van der Waals surface area (Å²) in [6, 6.07) is 7.79. The Morgan fingerprint density at radius 1 is 1.12 bits per heavy atom. The lowest BCUT2D eigenvalue weighted by Gasteiger charge is -2.07. The van der Waals surface area contributed by atoms with Crippen LogP contribution < -0.4 is 9.47 Å². The van der Waals surface area contributed by atoms with Crippen LogP contribution in [-0.2, 0) is 4.74 Å². The van der Waals surface area contributed by atoms with Crippen LogP contribution in [0.4, 0.5) is 0 Å². The fourth-order valence-electron chi connectivity index (χ4n) is 1.53. The van der Waals surface area contributed by atoms with Gasteiger partial charge in [0.2, 0.25) is 0 Å². The van der Waals surface area contributed by atoms with E-state index in [1.807, 2.05) is 24.3 Å². The maximum Gasteiger partial charge on any atom is 0.119 e. The van der Waals surface area contributed by atoms with Crippen molar-refractivity contribution in [2.45, 2.75) is 32.3 Å². The maximum atomic E-state index is 5.62. The summed E-state index contributed by atoms with van der Waals surface area (Å²) in [4.78, 5) is 0. The minimum absolute atomic E-state index is 0.306. The molecule has 94 valence electrons. The topological polar surface area (TPSA) is 31.0 Å². The number of hydrogen-bond acceptors (Lipinski definition) is 3. The minimum Gasteiger partial charge on any atom is -0.494 e. The molecule has 1 aliphatic heterocycles. The molecule has 1 heterocycles. The van der Waals surface area contributed by atoms with Crippen LogP contribution in [0.1, 0.15) is 26.2 Å². The summed E-state index contributed by atoms with van der Waals surface area (Å²) in [5.41, 5.74) is 0. The van der Waals surface area contributed by atoms with Crippen molar-refractivity contribution < 1.29 is 14.2 Å². The Bertz CT molecular complexity index is 317. The van der Waals surface area contributed by atoms with Gasteiger partial charge in [-0.05, 0) is 30.7 Å². The molecule has 0 aromatic heterocycles. The first kappa shape index (κ1) is 12.2. The molecule has 0 aliphatic carbocycles. The zero-order valence-electron chi connectivity index (χ0n) is 10.4. The summed E-state index contributed by atoms with van der Waals surface area (Å²) >= 11 is 0. The van der Waals surface area contributed by atoms with Crippen molar-refractivity contribution >= 4 is 0 Å². The van der Waals surface area contributed by atoms with E-state index in [1.54, 1.807) is 0 Å². The summed E-state index contributed by atoms with van der Waals surface area (Å²) in [5, 5.41) is 0. The zero-order valence-corrected chi connectivity index (χ0v) is 10.4. The third kappa shape index (κ3) is 4.65. The molecule has 0 amide bonds. The Balaban J connectivity index is 1.68. The van der Waals surface area contributed by atoms with E-state index in [-0.39, 0.29) is 0 Å². The van der Waals surface area contributed by atoms with Crippen LogP contribution in [0.25, 0.3) is 0 Å². The van der Waals surface area contributed by atoms with Gasteiger partial charge in [-0.1, -0.05) is 19.8 Å². The fraction of sp³-hybridized carbons (Fsp3) is 0.571. The van der Waals surface area contributed by atoms with Gasteiger partial charge in [0.05, 0.1) is 13.2 Å². The first-order chi connectivity index (χ1) is 8.38. The molecule has 0 N–H and O–H groups in total. The first-order valence-corrected chi connectivity index (χ1v) is 6.35. The fourth-order valence-corrected chi connectivity index (χ4v) is 1.53. The quantitative estimate of drug-likeness (QED) is 0.513.